The molecule has 1 atom stereocenters. The smallest absolute Gasteiger partial charge is 0.343 e. The maximum atomic E-state index is 10.9. The minimum absolute atomic E-state index is 0.307. The van der Waals surface area contributed by atoms with Crippen LogP contribution in [0.5, 0.6) is 0 Å². The predicted octanol–water partition coefficient (Wildman–Crippen LogP) is 1.62. The molecule has 0 bridgehead atoms. The number of carboxylic acid groups (broad SMARTS) is 1. The average Bonchev–Trinajstić information content (AvgIpc) is 2.56. The Morgan fingerprint density at radius 3 is 2.85 bits per heavy atom. The van der Waals surface area contributed by atoms with E-state index >= 15 is 0 Å². The van der Waals surface area contributed by atoms with Gasteiger partial charge in [-0.2, -0.15) is 0 Å². The highest BCUT2D eigenvalue weighted by molar-refractivity contribution is 5.77. The van der Waals surface area contributed by atoms with Crippen LogP contribution in [0.2, 0.25) is 0 Å². The van der Waals surface area contributed by atoms with E-state index in [-0.39, 0.29) is 0 Å². The van der Waals surface area contributed by atoms with Gasteiger partial charge >= 0.3 is 5.97 Å². The van der Waals surface area contributed by atoms with Gasteiger partial charge in [-0.25, -0.2) is 4.79 Å². The minimum atomic E-state index is -1.38. The Hall–Kier alpha value is -1.29. The topological polar surface area (TPSA) is 59.7 Å². The van der Waals surface area contributed by atoms with Gasteiger partial charge in [-0.1, -0.05) is 0 Å². The van der Waals surface area contributed by atoms with Crippen LogP contribution >= 0.6 is 0 Å². The van der Waals surface area contributed by atoms with Crippen molar-refractivity contribution < 1.29 is 19.1 Å². The molecule has 0 aliphatic carbocycles. The lowest BCUT2D eigenvalue weighted by atomic mass is 10.0. The van der Waals surface area contributed by atoms with Crippen LogP contribution in [0.1, 0.15) is 19.6 Å². The third kappa shape index (κ3) is 1.72. The molecule has 4 nitrogen and oxygen atoms in total. The molecule has 1 aromatic rings. The summed E-state index contributed by atoms with van der Waals surface area (Å²) in [6.45, 7) is 3.53. The molecule has 0 aliphatic heterocycles. The van der Waals surface area contributed by atoms with Crippen LogP contribution in [-0.4, -0.2) is 17.7 Å². The minimum Gasteiger partial charge on any atom is -0.479 e. The first-order valence-corrected chi connectivity index (χ1v) is 4.02. The highest BCUT2D eigenvalue weighted by Crippen LogP contribution is 2.25. The lowest BCUT2D eigenvalue weighted by Gasteiger charge is -2.21. The van der Waals surface area contributed by atoms with E-state index in [1.54, 1.807) is 19.1 Å². The van der Waals surface area contributed by atoms with Gasteiger partial charge < -0.3 is 14.3 Å². The molecule has 0 aromatic carbocycles. The van der Waals surface area contributed by atoms with Crippen LogP contribution < -0.4 is 0 Å². The number of ether oxygens (including phenoxy) is 1. The summed E-state index contributed by atoms with van der Waals surface area (Å²) in [5, 5.41) is 8.95. The van der Waals surface area contributed by atoms with Crippen molar-refractivity contribution in [1.82, 2.24) is 0 Å². The van der Waals surface area contributed by atoms with Crippen LogP contribution in [0.25, 0.3) is 0 Å². The summed E-state index contributed by atoms with van der Waals surface area (Å²) >= 11 is 0. The van der Waals surface area contributed by atoms with Gasteiger partial charge in [0.05, 0.1) is 6.26 Å². The van der Waals surface area contributed by atoms with Gasteiger partial charge in [0, 0.05) is 6.61 Å². The van der Waals surface area contributed by atoms with Crippen LogP contribution in [0.4, 0.5) is 0 Å². The zero-order chi connectivity index (χ0) is 9.90. The van der Waals surface area contributed by atoms with Gasteiger partial charge in [-0.15, -0.1) is 0 Å². The molecule has 0 aliphatic rings. The number of hydrogen-bond donors (Lipinski definition) is 1. The Balaban J connectivity index is 2.98. The van der Waals surface area contributed by atoms with Gasteiger partial charge in [0.1, 0.15) is 5.76 Å². The Bertz CT molecular complexity index is 278. The van der Waals surface area contributed by atoms with Crippen LogP contribution in [-0.2, 0) is 15.1 Å². The Morgan fingerprint density at radius 2 is 2.46 bits per heavy atom. The molecular weight excluding hydrogens is 172 g/mol. The number of hydrogen-bond acceptors (Lipinski definition) is 3. The highest BCUT2D eigenvalue weighted by atomic mass is 16.5. The number of furan rings is 1. The molecule has 0 radical (unpaired) electrons. The summed E-state index contributed by atoms with van der Waals surface area (Å²) in [6, 6.07) is 3.22. The molecule has 72 valence electrons. The van der Waals surface area contributed by atoms with Crippen molar-refractivity contribution in [3.05, 3.63) is 24.2 Å². The lowest BCUT2D eigenvalue weighted by Crippen LogP contribution is -2.35. The highest BCUT2D eigenvalue weighted by Gasteiger charge is 2.38. The van der Waals surface area contributed by atoms with E-state index in [9.17, 15) is 4.79 Å². The third-order valence-corrected chi connectivity index (χ3v) is 1.83. The normalized spacial score (nSPS) is 15.2. The molecule has 0 saturated heterocycles. The molecule has 0 fully saturated rings. The van der Waals surface area contributed by atoms with E-state index in [0.717, 1.165) is 0 Å². The van der Waals surface area contributed by atoms with Crippen molar-refractivity contribution >= 4 is 5.97 Å². The van der Waals surface area contributed by atoms with E-state index in [1.165, 1.54) is 13.2 Å². The van der Waals surface area contributed by atoms with Gasteiger partial charge in [0.15, 0.2) is 0 Å². The first kappa shape index (κ1) is 9.80. The third-order valence-electron chi connectivity index (χ3n) is 1.83. The van der Waals surface area contributed by atoms with Crippen molar-refractivity contribution in [2.24, 2.45) is 0 Å². The zero-order valence-corrected chi connectivity index (χ0v) is 7.61. The van der Waals surface area contributed by atoms with E-state index in [2.05, 4.69) is 0 Å². The summed E-state index contributed by atoms with van der Waals surface area (Å²) < 4.78 is 10.1. The van der Waals surface area contributed by atoms with Gasteiger partial charge in [-0.05, 0) is 26.0 Å². The molecule has 1 aromatic heterocycles. The van der Waals surface area contributed by atoms with E-state index < -0.39 is 11.6 Å². The van der Waals surface area contributed by atoms with Crippen LogP contribution in [0, 0.1) is 0 Å². The van der Waals surface area contributed by atoms with Crippen LogP contribution in [0.3, 0.4) is 0 Å². The van der Waals surface area contributed by atoms with Crippen molar-refractivity contribution in [3.63, 3.8) is 0 Å². The van der Waals surface area contributed by atoms with E-state index in [4.69, 9.17) is 14.3 Å². The summed E-state index contributed by atoms with van der Waals surface area (Å²) in [6.07, 6.45) is 1.43. The number of carbonyl (C=O) groups is 1. The standard InChI is InChI=1S/C9H12O4/c1-3-13-9(2,8(10)11)7-5-4-6-12-7/h4-6H,3H2,1-2H3,(H,10,11). The Labute approximate surface area is 76.1 Å². The summed E-state index contributed by atoms with van der Waals surface area (Å²) in [4.78, 5) is 10.9. The van der Waals surface area contributed by atoms with Gasteiger partial charge in [0.25, 0.3) is 0 Å². The monoisotopic (exact) mass is 184 g/mol. The Kier molecular flexibility index (Phi) is 2.72. The first-order chi connectivity index (χ1) is 6.11. The molecule has 1 heterocycles. The van der Waals surface area contributed by atoms with Crippen molar-refractivity contribution in [1.29, 1.82) is 0 Å². The maximum Gasteiger partial charge on any atom is 0.343 e. The molecule has 0 spiro atoms. The second-order valence-corrected chi connectivity index (χ2v) is 2.75. The number of aliphatic carboxylic acids is 1. The van der Waals surface area contributed by atoms with Gasteiger partial charge in [0.2, 0.25) is 5.60 Å². The largest absolute Gasteiger partial charge is 0.479 e. The van der Waals surface area contributed by atoms with E-state index in [0.29, 0.717) is 12.4 Å². The molecule has 1 N–H and O–H groups in total. The second kappa shape index (κ2) is 3.62. The van der Waals surface area contributed by atoms with Crippen molar-refractivity contribution in [2.75, 3.05) is 6.61 Å². The molecule has 0 amide bonds. The molecule has 1 rings (SSSR count). The summed E-state index contributed by atoms with van der Waals surface area (Å²) in [5.74, 6) is -0.744. The van der Waals surface area contributed by atoms with Gasteiger partial charge in [-0.3, -0.25) is 0 Å². The second-order valence-electron chi connectivity index (χ2n) is 2.75. The number of carboxylic acids is 1. The molecule has 1 unspecified atom stereocenters. The zero-order valence-electron chi connectivity index (χ0n) is 7.61. The number of rotatable bonds is 4. The predicted molar refractivity (Wildman–Crippen MR) is 45.3 cm³/mol. The summed E-state index contributed by atoms with van der Waals surface area (Å²) in [5.41, 5.74) is -1.38. The Morgan fingerprint density at radius 1 is 1.77 bits per heavy atom. The quantitative estimate of drug-likeness (QED) is 0.772. The fourth-order valence-corrected chi connectivity index (χ4v) is 1.08. The van der Waals surface area contributed by atoms with Crippen LogP contribution in [0.15, 0.2) is 22.8 Å². The maximum absolute atomic E-state index is 10.9. The van der Waals surface area contributed by atoms with Crippen molar-refractivity contribution in [2.45, 2.75) is 19.4 Å². The molecule has 4 heteroatoms. The first-order valence-electron chi connectivity index (χ1n) is 4.02. The molecule has 0 saturated carbocycles. The van der Waals surface area contributed by atoms with Crippen molar-refractivity contribution in [3.8, 4) is 0 Å². The van der Waals surface area contributed by atoms with E-state index in [1.807, 2.05) is 0 Å². The average molecular weight is 184 g/mol. The SMILES string of the molecule is CCOC(C)(C(=O)O)c1ccco1. The molecular formula is C9H12O4. The lowest BCUT2D eigenvalue weighted by molar-refractivity contribution is -0.167. The fraction of sp³-hybridized carbons (Fsp3) is 0.444. The molecule has 13 heavy (non-hydrogen) atoms. The fourth-order valence-electron chi connectivity index (χ4n) is 1.08. The summed E-state index contributed by atoms with van der Waals surface area (Å²) in [7, 11) is 0.